The van der Waals surface area contributed by atoms with Crippen molar-refractivity contribution in [2.45, 2.75) is 32.6 Å². The fourth-order valence-corrected chi connectivity index (χ4v) is 2.71. The first-order chi connectivity index (χ1) is 11.7. The molecule has 1 aromatic heterocycles. The maximum atomic E-state index is 12.4. The summed E-state index contributed by atoms with van der Waals surface area (Å²) in [6, 6.07) is 13.3. The van der Waals surface area contributed by atoms with Gasteiger partial charge in [0.2, 0.25) is 0 Å². The van der Waals surface area contributed by atoms with E-state index < -0.39 is 0 Å². The lowest BCUT2D eigenvalue weighted by Crippen LogP contribution is -2.11. The Morgan fingerprint density at radius 3 is 2.64 bits per heavy atom. The molecule has 0 fully saturated rings. The van der Waals surface area contributed by atoms with E-state index in [-0.39, 0.29) is 18.3 Å². The maximum absolute atomic E-state index is 12.4. The Kier molecular flexibility index (Phi) is 6.42. The summed E-state index contributed by atoms with van der Waals surface area (Å²) in [6.07, 6.45) is 4.71. The van der Waals surface area contributed by atoms with Crippen LogP contribution in [0.4, 0.5) is 11.6 Å². The molecule has 5 nitrogen and oxygen atoms in total. The van der Waals surface area contributed by atoms with Gasteiger partial charge in [0.15, 0.2) is 5.95 Å². The molecule has 1 amide bonds. The van der Waals surface area contributed by atoms with E-state index in [0.717, 1.165) is 17.5 Å². The highest BCUT2D eigenvalue weighted by molar-refractivity contribution is 6.05. The van der Waals surface area contributed by atoms with Crippen LogP contribution in [-0.2, 0) is 6.42 Å². The lowest BCUT2D eigenvalue weighted by molar-refractivity contribution is 0.102. The van der Waals surface area contributed by atoms with Crippen molar-refractivity contribution in [3.05, 3.63) is 53.6 Å². The Hall–Kier alpha value is -2.53. The molecule has 0 radical (unpaired) electrons. The fraction of sp³-hybridized carbons (Fsp3) is 0.263. The van der Waals surface area contributed by atoms with Crippen LogP contribution in [-0.4, -0.2) is 15.9 Å². The molecule has 0 bridgehead atoms. The van der Waals surface area contributed by atoms with Crippen LogP contribution in [0.2, 0.25) is 0 Å². The Labute approximate surface area is 153 Å². The molecule has 6 heteroatoms. The number of aromatic amines is 1. The van der Waals surface area contributed by atoms with Gasteiger partial charge >= 0.3 is 0 Å². The summed E-state index contributed by atoms with van der Waals surface area (Å²) >= 11 is 0. The third-order valence-electron chi connectivity index (χ3n) is 4.04. The van der Waals surface area contributed by atoms with Gasteiger partial charge in [-0.2, -0.15) is 0 Å². The molecule has 132 valence electrons. The predicted octanol–water partition coefficient (Wildman–Crippen LogP) is 4.55. The molecule has 0 atom stereocenters. The Balaban J connectivity index is 0.00000225. The van der Waals surface area contributed by atoms with E-state index in [1.165, 1.54) is 24.8 Å². The normalized spacial score (nSPS) is 10.4. The van der Waals surface area contributed by atoms with Gasteiger partial charge in [-0.15, -0.1) is 12.4 Å². The number of halogens is 1. The smallest absolute Gasteiger partial charge is 0.255 e. The number of nitrogens with zero attached hydrogens (tertiary/aromatic N) is 1. The first kappa shape index (κ1) is 18.8. The van der Waals surface area contributed by atoms with Gasteiger partial charge in [-0.05, 0) is 48.7 Å². The van der Waals surface area contributed by atoms with Crippen LogP contribution < -0.4 is 11.1 Å². The van der Waals surface area contributed by atoms with E-state index in [2.05, 4.69) is 22.2 Å². The van der Waals surface area contributed by atoms with Gasteiger partial charge < -0.3 is 16.0 Å². The van der Waals surface area contributed by atoms with Crippen LogP contribution in [0.1, 0.15) is 42.1 Å². The van der Waals surface area contributed by atoms with Crippen molar-refractivity contribution in [3.63, 3.8) is 0 Å². The number of aryl methyl sites for hydroxylation is 1. The van der Waals surface area contributed by atoms with Crippen molar-refractivity contribution < 1.29 is 4.79 Å². The number of aromatic nitrogens is 2. The van der Waals surface area contributed by atoms with Crippen LogP contribution in [0.25, 0.3) is 11.0 Å². The van der Waals surface area contributed by atoms with Crippen molar-refractivity contribution >= 4 is 41.0 Å². The third kappa shape index (κ3) is 4.73. The van der Waals surface area contributed by atoms with Crippen LogP contribution in [0, 0.1) is 0 Å². The molecule has 0 spiro atoms. The molecule has 3 aromatic rings. The van der Waals surface area contributed by atoms with Crippen LogP contribution >= 0.6 is 12.4 Å². The number of carbonyl (C=O) groups excluding carboxylic acids is 1. The summed E-state index contributed by atoms with van der Waals surface area (Å²) in [5.41, 5.74) is 9.85. The summed E-state index contributed by atoms with van der Waals surface area (Å²) < 4.78 is 0. The third-order valence-corrected chi connectivity index (χ3v) is 4.04. The highest BCUT2D eigenvalue weighted by atomic mass is 35.5. The highest BCUT2D eigenvalue weighted by Crippen LogP contribution is 2.19. The van der Waals surface area contributed by atoms with Crippen molar-refractivity contribution in [1.29, 1.82) is 0 Å². The Bertz CT molecular complexity index is 842. The quantitative estimate of drug-likeness (QED) is 0.565. The molecule has 3 rings (SSSR count). The molecule has 0 unspecified atom stereocenters. The van der Waals surface area contributed by atoms with E-state index in [9.17, 15) is 4.79 Å². The molecular weight excluding hydrogens is 336 g/mol. The summed E-state index contributed by atoms with van der Waals surface area (Å²) in [6.45, 7) is 2.20. The largest absolute Gasteiger partial charge is 0.369 e. The molecule has 0 aliphatic heterocycles. The number of H-pyrrole nitrogens is 1. The molecule has 0 aliphatic rings. The van der Waals surface area contributed by atoms with Crippen molar-refractivity contribution in [1.82, 2.24) is 9.97 Å². The Morgan fingerprint density at radius 1 is 1.16 bits per heavy atom. The van der Waals surface area contributed by atoms with Gasteiger partial charge in [0.25, 0.3) is 5.91 Å². The zero-order chi connectivity index (χ0) is 16.9. The van der Waals surface area contributed by atoms with E-state index >= 15 is 0 Å². The standard InChI is InChI=1S/C19H22N4O.ClH/c1-2-3-4-5-13-6-8-14(9-7-13)18(24)21-15-10-11-16-17(12-15)23-19(20)22-16;/h6-12H,2-5H2,1H3,(H,21,24)(H3,20,22,23);1H. The lowest BCUT2D eigenvalue weighted by Gasteiger charge is -2.06. The number of nitrogens with one attached hydrogen (secondary N) is 2. The number of unbranched alkanes of at least 4 members (excludes halogenated alkanes) is 2. The summed E-state index contributed by atoms with van der Waals surface area (Å²) in [5, 5.41) is 2.90. The summed E-state index contributed by atoms with van der Waals surface area (Å²) in [4.78, 5) is 19.5. The highest BCUT2D eigenvalue weighted by Gasteiger charge is 2.08. The number of hydrogen-bond acceptors (Lipinski definition) is 3. The maximum Gasteiger partial charge on any atom is 0.255 e. The minimum atomic E-state index is -0.123. The molecule has 1 heterocycles. The van der Waals surface area contributed by atoms with Crippen molar-refractivity contribution in [2.24, 2.45) is 0 Å². The van der Waals surface area contributed by atoms with Gasteiger partial charge in [0, 0.05) is 11.3 Å². The average Bonchev–Trinajstić information content (AvgIpc) is 2.95. The van der Waals surface area contributed by atoms with Gasteiger partial charge in [-0.25, -0.2) is 4.98 Å². The van der Waals surface area contributed by atoms with E-state index in [1.807, 2.05) is 42.5 Å². The number of fused-ring (bicyclic) bond motifs is 1. The number of anilines is 2. The van der Waals surface area contributed by atoms with Gasteiger partial charge in [0.1, 0.15) is 0 Å². The molecule has 4 N–H and O–H groups in total. The van der Waals surface area contributed by atoms with Crippen molar-refractivity contribution in [2.75, 3.05) is 11.1 Å². The minimum Gasteiger partial charge on any atom is -0.369 e. The SMILES string of the molecule is CCCCCc1ccc(C(=O)Nc2ccc3nc(N)[nH]c3c2)cc1.Cl. The predicted molar refractivity (Wildman–Crippen MR) is 105 cm³/mol. The number of nitrogens with two attached hydrogens (primary N) is 1. The van der Waals surface area contributed by atoms with Crippen LogP contribution in [0.5, 0.6) is 0 Å². The number of rotatable bonds is 6. The monoisotopic (exact) mass is 358 g/mol. The average molecular weight is 359 g/mol. The number of benzene rings is 2. The molecule has 0 saturated carbocycles. The number of nitrogen functional groups attached to an aromatic ring is 1. The summed E-state index contributed by atoms with van der Waals surface area (Å²) in [5.74, 6) is 0.245. The van der Waals surface area contributed by atoms with Crippen LogP contribution in [0.3, 0.4) is 0 Å². The molecular formula is C19H23ClN4O. The number of imidazole rings is 1. The zero-order valence-corrected chi connectivity index (χ0v) is 15.0. The van der Waals surface area contributed by atoms with E-state index in [1.54, 1.807) is 0 Å². The number of amides is 1. The van der Waals surface area contributed by atoms with E-state index in [4.69, 9.17) is 5.73 Å². The Morgan fingerprint density at radius 2 is 1.92 bits per heavy atom. The van der Waals surface area contributed by atoms with Crippen LogP contribution in [0.15, 0.2) is 42.5 Å². The second-order valence-electron chi connectivity index (χ2n) is 5.96. The van der Waals surface area contributed by atoms with Crippen molar-refractivity contribution in [3.8, 4) is 0 Å². The van der Waals surface area contributed by atoms with E-state index in [0.29, 0.717) is 17.2 Å². The lowest BCUT2D eigenvalue weighted by atomic mass is 10.1. The molecule has 0 aliphatic carbocycles. The second kappa shape index (κ2) is 8.53. The minimum absolute atomic E-state index is 0. The number of carbonyl (C=O) groups is 1. The summed E-state index contributed by atoms with van der Waals surface area (Å²) in [7, 11) is 0. The molecule has 2 aromatic carbocycles. The zero-order valence-electron chi connectivity index (χ0n) is 14.2. The molecule has 25 heavy (non-hydrogen) atoms. The number of hydrogen-bond donors (Lipinski definition) is 3. The first-order valence-corrected chi connectivity index (χ1v) is 8.31. The second-order valence-corrected chi connectivity index (χ2v) is 5.96. The topological polar surface area (TPSA) is 83.8 Å². The molecule has 0 saturated heterocycles. The van der Waals surface area contributed by atoms with Gasteiger partial charge in [-0.3, -0.25) is 4.79 Å². The van der Waals surface area contributed by atoms with Gasteiger partial charge in [0.05, 0.1) is 11.0 Å². The fourth-order valence-electron chi connectivity index (χ4n) is 2.71. The first-order valence-electron chi connectivity index (χ1n) is 8.31. The van der Waals surface area contributed by atoms with Gasteiger partial charge in [-0.1, -0.05) is 31.9 Å².